The quantitative estimate of drug-likeness (QED) is 0.667. The number of nitrogens with two attached hydrogens (primary N) is 1. The van der Waals surface area contributed by atoms with Crippen LogP contribution < -0.4 is 10.6 Å². The van der Waals surface area contributed by atoms with Gasteiger partial charge in [0.05, 0.1) is 12.1 Å². The summed E-state index contributed by atoms with van der Waals surface area (Å²) in [5, 5.41) is 10.8. The number of likely N-dealkylation sites (N-methyl/N-ethyl adjacent to an activating group) is 1. The maximum Gasteiger partial charge on any atom is 0.263 e. The predicted molar refractivity (Wildman–Crippen MR) is 83.6 cm³/mol. The second-order valence-corrected chi connectivity index (χ2v) is 5.47. The van der Waals surface area contributed by atoms with Gasteiger partial charge in [-0.3, -0.25) is 9.59 Å². The number of nitrogens with zero attached hydrogens (tertiary/aromatic N) is 1. The molecule has 0 aromatic heterocycles. The summed E-state index contributed by atoms with van der Waals surface area (Å²) in [5.74, 6) is -0.820. The number of benzene rings is 2. The predicted octanol–water partition coefficient (Wildman–Crippen LogP) is 1.71. The molecule has 0 aliphatic carbocycles. The lowest BCUT2D eigenvalue weighted by Crippen LogP contribution is -2.40. The van der Waals surface area contributed by atoms with E-state index in [0.717, 1.165) is 0 Å². The lowest BCUT2D eigenvalue weighted by Gasteiger charge is -2.21. The molecule has 0 saturated carbocycles. The smallest absolute Gasteiger partial charge is 0.263 e. The van der Waals surface area contributed by atoms with Crippen LogP contribution in [0.15, 0.2) is 48.5 Å². The van der Waals surface area contributed by atoms with Crippen molar-refractivity contribution in [3.8, 4) is 0 Å². The summed E-state index contributed by atoms with van der Waals surface area (Å²) in [7, 11) is 1.59. The van der Waals surface area contributed by atoms with Crippen molar-refractivity contribution in [3.63, 3.8) is 0 Å². The summed E-state index contributed by atoms with van der Waals surface area (Å²) in [6.45, 7) is 0. The number of hydrogen-bond donors (Lipinski definition) is 2. The second kappa shape index (κ2) is 4.96. The number of Topliss-reactive ketones (excluding diaryl/α,β-unsaturated/α-hetero) is 1. The second-order valence-electron chi connectivity index (χ2n) is 5.47. The van der Waals surface area contributed by atoms with Crippen molar-refractivity contribution in [1.82, 2.24) is 0 Å². The molecule has 0 spiro atoms. The Kier molecular flexibility index (Phi) is 3.22. The molecule has 2 aromatic rings. The molecule has 1 atom stereocenters. The van der Waals surface area contributed by atoms with E-state index in [1.165, 1.54) is 4.90 Å². The van der Waals surface area contributed by atoms with Crippen molar-refractivity contribution in [1.29, 1.82) is 0 Å². The van der Waals surface area contributed by atoms with Crippen LogP contribution in [0.2, 0.25) is 0 Å². The Morgan fingerprint density at radius 1 is 1.23 bits per heavy atom. The highest BCUT2D eigenvalue weighted by atomic mass is 16.3. The van der Waals surface area contributed by atoms with Gasteiger partial charge in [0.1, 0.15) is 0 Å². The number of hydrogen-bond acceptors (Lipinski definition) is 4. The number of ketones is 1. The van der Waals surface area contributed by atoms with Crippen LogP contribution in [-0.4, -0.2) is 23.8 Å². The highest BCUT2D eigenvalue weighted by molar-refractivity contribution is 6.10. The maximum absolute atomic E-state index is 12.4. The van der Waals surface area contributed by atoms with E-state index in [2.05, 4.69) is 0 Å². The van der Waals surface area contributed by atoms with Gasteiger partial charge in [-0.05, 0) is 18.2 Å². The number of aliphatic hydroxyl groups is 1. The maximum atomic E-state index is 12.4. The van der Waals surface area contributed by atoms with Crippen LogP contribution >= 0.6 is 0 Å². The third kappa shape index (κ3) is 2.07. The molecule has 1 aliphatic heterocycles. The Morgan fingerprint density at radius 3 is 2.68 bits per heavy atom. The molecule has 0 bridgehead atoms. The van der Waals surface area contributed by atoms with E-state index >= 15 is 0 Å². The van der Waals surface area contributed by atoms with Crippen molar-refractivity contribution >= 4 is 23.1 Å². The first kappa shape index (κ1) is 14.3. The monoisotopic (exact) mass is 296 g/mol. The summed E-state index contributed by atoms with van der Waals surface area (Å²) < 4.78 is 0. The number of fused-ring (bicyclic) bond motifs is 1. The van der Waals surface area contributed by atoms with Crippen molar-refractivity contribution in [2.24, 2.45) is 0 Å². The summed E-state index contributed by atoms with van der Waals surface area (Å²) in [6.07, 6.45) is -0.309. The van der Waals surface area contributed by atoms with E-state index in [9.17, 15) is 14.7 Å². The first-order valence-corrected chi connectivity index (χ1v) is 6.92. The average molecular weight is 296 g/mol. The highest BCUT2D eigenvalue weighted by Gasteiger charge is 2.49. The van der Waals surface area contributed by atoms with Crippen LogP contribution in [0, 0.1) is 0 Å². The molecule has 0 radical (unpaired) electrons. The van der Waals surface area contributed by atoms with Crippen LogP contribution in [-0.2, 0) is 10.4 Å². The minimum atomic E-state index is -1.83. The topological polar surface area (TPSA) is 83.6 Å². The van der Waals surface area contributed by atoms with Gasteiger partial charge in [0, 0.05) is 23.9 Å². The van der Waals surface area contributed by atoms with E-state index in [1.54, 1.807) is 55.6 Å². The largest absolute Gasteiger partial charge is 0.399 e. The first-order valence-electron chi connectivity index (χ1n) is 6.92. The van der Waals surface area contributed by atoms with Crippen LogP contribution in [0.5, 0.6) is 0 Å². The standard InChI is InChI=1S/C17H16N2O3/c1-19-14-8-3-2-7-13(14)17(22,16(19)21)10-15(20)11-5-4-6-12(18)9-11/h2-9,22H,10,18H2,1H3/t17-/m0/s1. The van der Waals surface area contributed by atoms with Crippen LogP contribution in [0.1, 0.15) is 22.3 Å². The Labute approximate surface area is 128 Å². The lowest BCUT2D eigenvalue weighted by atomic mass is 9.88. The molecular formula is C17H16N2O3. The molecular weight excluding hydrogens is 280 g/mol. The fourth-order valence-corrected chi connectivity index (χ4v) is 2.84. The molecule has 0 fully saturated rings. The van der Waals surface area contributed by atoms with Gasteiger partial charge in [0.15, 0.2) is 11.4 Å². The molecule has 5 nitrogen and oxygen atoms in total. The zero-order valence-electron chi connectivity index (χ0n) is 12.1. The molecule has 3 rings (SSSR count). The van der Waals surface area contributed by atoms with Crippen molar-refractivity contribution in [2.45, 2.75) is 12.0 Å². The van der Waals surface area contributed by atoms with Crippen LogP contribution in [0.25, 0.3) is 0 Å². The normalized spacial score (nSPS) is 20.1. The van der Waals surface area contributed by atoms with Crippen LogP contribution in [0.4, 0.5) is 11.4 Å². The van der Waals surface area contributed by atoms with E-state index in [4.69, 9.17) is 5.73 Å². The summed E-state index contributed by atoms with van der Waals surface area (Å²) in [4.78, 5) is 26.2. The van der Waals surface area contributed by atoms with E-state index in [0.29, 0.717) is 22.5 Å². The van der Waals surface area contributed by atoms with E-state index in [1.807, 2.05) is 0 Å². The highest BCUT2D eigenvalue weighted by Crippen LogP contribution is 2.41. The van der Waals surface area contributed by atoms with Gasteiger partial charge >= 0.3 is 0 Å². The fraction of sp³-hybridized carbons (Fsp3) is 0.176. The van der Waals surface area contributed by atoms with Crippen molar-refractivity contribution in [2.75, 3.05) is 17.7 Å². The summed E-state index contributed by atoms with van der Waals surface area (Å²) in [5.41, 5.74) is 5.77. The number of rotatable bonds is 3. The van der Waals surface area contributed by atoms with Crippen molar-refractivity contribution < 1.29 is 14.7 Å². The molecule has 22 heavy (non-hydrogen) atoms. The fourth-order valence-electron chi connectivity index (χ4n) is 2.84. The number of anilines is 2. The molecule has 1 amide bonds. The molecule has 2 aromatic carbocycles. The minimum Gasteiger partial charge on any atom is -0.399 e. The molecule has 1 aliphatic rings. The number of amides is 1. The zero-order valence-corrected chi connectivity index (χ0v) is 12.1. The number of carbonyl (C=O) groups is 2. The SMILES string of the molecule is CN1C(=O)[C@](O)(CC(=O)c2cccc(N)c2)c2ccccc21. The van der Waals surface area contributed by atoms with Gasteiger partial charge in [-0.15, -0.1) is 0 Å². The van der Waals surface area contributed by atoms with E-state index in [-0.39, 0.29) is 12.2 Å². The number of nitrogen functional groups attached to an aromatic ring is 1. The number of carbonyl (C=O) groups excluding carboxylic acids is 2. The Hall–Kier alpha value is -2.66. The number of para-hydroxylation sites is 1. The third-order valence-electron chi connectivity index (χ3n) is 3.99. The first-order chi connectivity index (χ1) is 10.4. The minimum absolute atomic E-state index is 0.309. The Bertz CT molecular complexity index is 772. The summed E-state index contributed by atoms with van der Waals surface area (Å²) in [6, 6.07) is 13.4. The van der Waals surface area contributed by atoms with Crippen LogP contribution in [0.3, 0.4) is 0 Å². The molecule has 112 valence electrons. The van der Waals surface area contributed by atoms with Gasteiger partial charge in [0.2, 0.25) is 0 Å². The Balaban J connectivity index is 1.98. The van der Waals surface area contributed by atoms with Gasteiger partial charge in [-0.25, -0.2) is 0 Å². The molecule has 0 unspecified atom stereocenters. The molecule has 1 heterocycles. The Morgan fingerprint density at radius 2 is 1.95 bits per heavy atom. The third-order valence-corrected chi connectivity index (χ3v) is 3.99. The summed E-state index contributed by atoms with van der Waals surface area (Å²) >= 11 is 0. The molecule has 0 saturated heterocycles. The zero-order chi connectivity index (χ0) is 15.9. The van der Waals surface area contributed by atoms with Gasteiger partial charge in [-0.1, -0.05) is 30.3 Å². The van der Waals surface area contributed by atoms with Gasteiger partial charge < -0.3 is 15.7 Å². The lowest BCUT2D eigenvalue weighted by molar-refractivity contribution is -0.135. The van der Waals surface area contributed by atoms with Gasteiger partial charge in [-0.2, -0.15) is 0 Å². The van der Waals surface area contributed by atoms with E-state index < -0.39 is 11.5 Å². The molecule has 3 N–H and O–H groups in total. The average Bonchev–Trinajstić information content (AvgIpc) is 2.70. The van der Waals surface area contributed by atoms with Crippen molar-refractivity contribution in [3.05, 3.63) is 59.7 Å². The van der Waals surface area contributed by atoms with Gasteiger partial charge in [0.25, 0.3) is 5.91 Å². The molecule has 5 heteroatoms.